The van der Waals surface area contributed by atoms with Gasteiger partial charge in [0.2, 0.25) is 0 Å². The van der Waals surface area contributed by atoms with Crippen molar-refractivity contribution >= 4 is 7.60 Å². The number of hydrogen-bond acceptors (Lipinski definition) is 4. The zero-order chi connectivity index (χ0) is 9.61. The summed E-state index contributed by atoms with van der Waals surface area (Å²) in [6, 6.07) is 1.86. The molecule has 0 rings (SSSR count). The Hall–Kier alpha value is -0.360. The molecule has 0 aliphatic heterocycles. The van der Waals surface area contributed by atoms with Crippen LogP contribution in [0.3, 0.4) is 0 Å². The van der Waals surface area contributed by atoms with Crippen molar-refractivity contribution in [3.8, 4) is 6.07 Å². The molecule has 0 bridgehead atoms. The Morgan fingerprint density at radius 3 is 2.08 bits per heavy atom. The highest BCUT2D eigenvalue weighted by atomic mass is 31.2. The summed E-state index contributed by atoms with van der Waals surface area (Å²) in [5.41, 5.74) is -0.697. The molecule has 0 unspecified atom stereocenters. The van der Waals surface area contributed by atoms with Crippen LogP contribution in [0.2, 0.25) is 0 Å². The van der Waals surface area contributed by atoms with Crippen LogP contribution in [0.15, 0.2) is 0 Å². The summed E-state index contributed by atoms with van der Waals surface area (Å²) in [7, 11) is -3.17. The van der Waals surface area contributed by atoms with Gasteiger partial charge in [-0.15, -0.1) is 0 Å². The molecule has 0 N–H and O–H groups in total. The smallest absolute Gasteiger partial charge is 0.308 e. The van der Waals surface area contributed by atoms with Crippen LogP contribution in [0.5, 0.6) is 0 Å². The van der Waals surface area contributed by atoms with E-state index in [0.29, 0.717) is 13.2 Å². The Labute approximate surface area is 73.0 Å². The Balaban J connectivity index is 4.40. The van der Waals surface area contributed by atoms with Crippen LogP contribution >= 0.6 is 7.60 Å². The van der Waals surface area contributed by atoms with E-state index in [2.05, 4.69) is 0 Å². The summed E-state index contributed by atoms with van der Waals surface area (Å²) in [4.78, 5) is 0. The number of hydrogen-bond donors (Lipinski definition) is 0. The Morgan fingerprint density at radius 1 is 1.42 bits per heavy atom. The van der Waals surface area contributed by atoms with Gasteiger partial charge in [0, 0.05) is 0 Å². The molecular formula is C7H14NO3P. The molecule has 0 heterocycles. The minimum atomic E-state index is -3.17. The van der Waals surface area contributed by atoms with E-state index in [-0.39, 0.29) is 0 Å². The van der Waals surface area contributed by atoms with Gasteiger partial charge in [0.05, 0.1) is 19.3 Å². The fourth-order valence-electron chi connectivity index (χ4n) is 0.691. The molecule has 0 spiro atoms. The zero-order valence-electron chi connectivity index (χ0n) is 7.61. The summed E-state index contributed by atoms with van der Waals surface area (Å²) >= 11 is 0. The van der Waals surface area contributed by atoms with Gasteiger partial charge in [0.1, 0.15) is 5.66 Å². The lowest BCUT2D eigenvalue weighted by molar-refractivity contribution is 0.217. The highest BCUT2D eigenvalue weighted by molar-refractivity contribution is 7.54. The molecule has 0 saturated carbocycles. The minimum Gasteiger partial charge on any atom is -0.308 e. The van der Waals surface area contributed by atoms with Crippen molar-refractivity contribution in [3.05, 3.63) is 0 Å². The number of nitriles is 1. The maximum Gasteiger partial charge on any atom is 0.347 e. The number of rotatable bonds is 5. The van der Waals surface area contributed by atoms with E-state index >= 15 is 0 Å². The van der Waals surface area contributed by atoms with Crippen molar-refractivity contribution in [2.45, 2.75) is 26.4 Å². The standard InChI is InChI=1S/C7H14NO3P/c1-4-10-12(9,11-5-2)7(3)6-8/h7H,4-5H2,1-3H3/t7-/m1/s1. The van der Waals surface area contributed by atoms with Crippen molar-refractivity contribution in [1.29, 1.82) is 5.26 Å². The van der Waals surface area contributed by atoms with Gasteiger partial charge < -0.3 is 9.05 Å². The molecule has 0 aromatic rings. The summed E-state index contributed by atoms with van der Waals surface area (Å²) in [6.07, 6.45) is 0. The van der Waals surface area contributed by atoms with Gasteiger partial charge in [-0.05, 0) is 20.8 Å². The van der Waals surface area contributed by atoms with Gasteiger partial charge in [-0.3, -0.25) is 4.57 Å². The third kappa shape index (κ3) is 2.94. The molecule has 1 atom stereocenters. The van der Waals surface area contributed by atoms with E-state index in [9.17, 15) is 4.57 Å². The highest BCUT2D eigenvalue weighted by Gasteiger charge is 2.31. The fourth-order valence-corrected chi connectivity index (χ4v) is 2.07. The van der Waals surface area contributed by atoms with E-state index in [1.165, 1.54) is 6.92 Å². The maximum absolute atomic E-state index is 11.7. The Bertz CT molecular complexity index is 201. The average molecular weight is 191 g/mol. The average Bonchev–Trinajstić information content (AvgIpc) is 2.04. The summed E-state index contributed by atoms with van der Waals surface area (Å²) < 4.78 is 21.5. The quantitative estimate of drug-likeness (QED) is 0.625. The van der Waals surface area contributed by atoms with E-state index in [1.54, 1.807) is 13.8 Å². The molecular weight excluding hydrogens is 177 g/mol. The monoisotopic (exact) mass is 191 g/mol. The lowest BCUT2D eigenvalue weighted by atomic mass is 10.5. The summed E-state index contributed by atoms with van der Waals surface area (Å²) in [6.45, 7) is 5.56. The van der Waals surface area contributed by atoms with Crippen molar-refractivity contribution in [2.24, 2.45) is 0 Å². The van der Waals surface area contributed by atoms with E-state index in [0.717, 1.165) is 0 Å². The van der Waals surface area contributed by atoms with Gasteiger partial charge in [0.25, 0.3) is 0 Å². The largest absolute Gasteiger partial charge is 0.347 e. The molecule has 12 heavy (non-hydrogen) atoms. The summed E-state index contributed by atoms with van der Waals surface area (Å²) in [5.74, 6) is 0. The maximum atomic E-state index is 11.7. The van der Waals surface area contributed by atoms with Gasteiger partial charge in [0.15, 0.2) is 0 Å². The number of nitrogens with zero attached hydrogens (tertiary/aromatic N) is 1. The Kier molecular flexibility index (Phi) is 5.16. The first kappa shape index (κ1) is 11.6. The lowest BCUT2D eigenvalue weighted by Crippen LogP contribution is -2.07. The molecule has 0 aromatic carbocycles. The van der Waals surface area contributed by atoms with E-state index < -0.39 is 13.3 Å². The third-order valence-corrected chi connectivity index (χ3v) is 3.58. The van der Waals surface area contributed by atoms with Crippen molar-refractivity contribution in [3.63, 3.8) is 0 Å². The molecule has 0 aliphatic carbocycles. The predicted octanol–water partition coefficient (Wildman–Crippen LogP) is 2.16. The normalized spacial score (nSPS) is 13.8. The minimum absolute atomic E-state index is 0.295. The molecule has 0 amide bonds. The van der Waals surface area contributed by atoms with E-state index in [1.807, 2.05) is 6.07 Å². The highest BCUT2D eigenvalue weighted by Crippen LogP contribution is 2.52. The molecule has 0 radical (unpaired) electrons. The molecule has 70 valence electrons. The first-order valence-corrected chi connectivity index (χ1v) is 5.50. The molecule has 0 aromatic heterocycles. The molecule has 0 aliphatic rings. The van der Waals surface area contributed by atoms with Crippen LogP contribution in [-0.4, -0.2) is 18.9 Å². The van der Waals surface area contributed by atoms with Gasteiger partial charge in [-0.1, -0.05) is 0 Å². The second-order valence-corrected chi connectivity index (χ2v) is 4.55. The third-order valence-electron chi connectivity index (χ3n) is 1.28. The van der Waals surface area contributed by atoms with Crippen LogP contribution in [0.4, 0.5) is 0 Å². The molecule has 0 fully saturated rings. The molecule has 4 nitrogen and oxygen atoms in total. The second-order valence-electron chi connectivity index (χ2n) is 2.18. The SMILES string of the molecule is CCOP(=O)(OCC)[C@H](C)C#N. The van der Waals surface area contributed by atoms with Crippen LogP contribution in [0.25, 0.3) is 0 Å². The van der Waals surface area contributed by atoms with Gasteiger partial charge >= 0.3 is 7.60 Å². The topological polar surface area (TPSA) is 59.3 Å². The first-order valence-electron chi connectivity index (χ1n) is 3.89. The zero-order valence-corrected chi connectivity index (χ0v) is 8.51. The molecule has 5 heteroatoms. The van der Waals surface area contributed by atoms with Crippen LogP contribution < -0.4 is 0 Å². The van der Waals surface area contributed by atoms with Gasteiger partial charge in [-0.25, -0.2) is 0 Å². The van der Waals surface area contributed by atoms with Crippen molar-refractivity contribution in [1.82, 2.24) is 0 Å². The fraction of sp³-hybridized carbons (Fsp3) is 0.857. The van der Waals surface area contributed by atoms with Crippen LogP contribution in [-0.2, 0) is 13.6 Å². The molecule has 0 saturated heterocycles. The van der Waals surface area contributed by atoms with E-state index in [4.69, 9.17) is 14.3 Å². The van der Waals surface area contributed by atoms with Gasteiger partial charge in [-0.2, -0.15) is 5.26 Å². The summed E-state index contributed by atoms with van der Waals surface area (Å²) in [5, 5.41) is 8.54. The van der Waals surface area contributed by atoms with Crippen LogP contribution in [0.1, 0.15) is 20.8 Å². The van der Waals surface area contributed by atoms with Crippen molar-refractivity contribution < 1.29 is 13.6 Å². The van der Waals surface area contributed by atoms with Crippen molar-refractivity contribution in [2.75, 3.05) is 13.2 Å². The first-order chi connectivity index (χ1) is 5.60. The Morgan fingerprint density at radius 2 is 1.83 bits per heavy atom. The predicted molar refractivity (Wildman–Crippen MR) is 45.9 cm³/mol. The second kappa shape index (κ2) is 5.31. The lowest BCUT2D eigenvalue weighted by Gasteiger charge is -2.18. The van der Waals surface area contributed by atoms with Crippen LogP contribution in [0, 0.1) is 11.3 Å².